The van der Waals surface area contributed by atoms with Crippen molar-refractivity contribution in [3.8, 4) is 0 Å². The summed E-state index contributed by atoms with van der Waals surface area (Å²) in [6.07, 6.45) is 4.28. The van der Waals surface area contributed by atoms with E-state index < -0.39 is 15.8 Å². The minimum absolute atomic E-state index is 0.0450. The predicted octanol–water partition coefficient (Wildman–Crippen LogP) is 3.41. The maximum atomic E-state index is 14.1. The number of anilines is 1. The number of aromatic nitrogens is 2. The van der Waals surface area contributed by atoms with Crippen LogP contribution in [0.4, 0.5) is 10.1 Å². The third kappa shape index (κ3) is 3.39. The van der Waals surface area contributed by atoms with Crippen LogP contribution in [0.1, 0.15) is 6.42 Å². The van der Waals surface area contributed by atoms with Crippen molar-refractivity contribution in [2.24, 2.45) is 0 Å². The van der Waals surface area contributed by atoms with E-state index in [4.69, 9.17) is 0 Å². The molecule has 3 heterocycles. The molecule has 1 aliphatic rings. The second-order valence-electron chi connectivity index (χ2n) is 6.85. The van der Waals surface area contributed by atoms with Gasteiger partial charge in [-0.25, -0.2) is 17.8 Å². The molecule has 1 aliphatic heterocycles. The Morgan fingerprint density at radius 2 is 2.07 bits per heavy atom. The Balaban J connectivity index is 1.65. The van der Waals surface area contributed by atoms with Crippen molar-refractivity contribution in [2.75, 3.05) is 25.0 Å². The number of hydrogen-bond donors (Lipinski definition) is 1. The number of halogens is 2. The van der Waals surface area contributed by atoms with Crippen LogP contribution < -0.4 is 4.90 Å². The first-order valence-electron chi connectivity index (χ1n) is 8.93. The summed E-state index contributed by atoms with van der Waals surface area (Å²) >= 11 is 2.38. The minimum atomic E-state index is -3.89. The van der Waals surface area contributed by atoms with Crippen LogP contribution in [0.25, 0.3) is 11.0 Å². The Morgan fingerprint density at radius 1 is 1.29 bits per heavy atom. The van der Waals surface area contributed by atoms with Gasteiger partial charge in [0.15, 0.2) is 0 Å². The van der Waals surface area contributed by atoms with Crippen LogP contribution >= 0.6 is 22.6 Å². The lowest BCUT2D eigenvalue weighted by Gasteiger charge is -2.41. The smallest absolute Gasteiger partial charge is 0.246 e. The second-order valence-corrected chi connectivity index (χ2v) is 10.4. The Bertz CT molecular complexity index is 1100. The zero-order valence-electron chi connectivity index (χ0n) is 15.2. The molecule has 4 rings (SSSR count). The van der Waals surface area contributed by atoms with E-state index in [1.165, 1.54) is 22.5 Å². The van der Waals surface area contributed by atoms with E-state index in [1.807, 2.05) is 25.4 Å². The largest absolute Gasteiger partial charge is 0.369 e. The van der Waals surface area contributed by atoms with Crippen LogP contribution in [0.2, 0.25) is 0 Å². The number of alkyl halides is 1. The van der Waals surface area contributed by atoms with E-state index in [2.05, 4.69) is 37.5 Å². The number of sulfonamides is 1. The first kappa shape index (κ1) is 19.6. The summed E-state index contributed by atoms with van der Waals surface area (Å²) in [6, 6.07) is 9.40. The van der Waals surface area contributed by atoms with Gasteiger partial charge in [-0.05, 0) is 30.7 Å². The highest BCUT2D eigenvalue weighted by Crippen LogP contribution is 2.32. The van der Waals surface area contributed by atoms with E-state index in [-0.39, 0.29) is 14.9 Å². The van der Waals surface area contributed by atoms with Gasteiger partial charge in [-0.1, -0.05) is 34.7 Å². The fourth-order valence-corrected chi connectivity index (χ4v) is 6.21. The molecule has 1 saturated heterocycles. The van der Waals surface area contributed by atoms with E-state index in [1.54, 1.807) is 12.3 Å². The van der Waals surface area contributed by atoms with Crippen molar-refractivity contribution in [3.63, 3.8) is 0 Å². The molecule has 1 N–H and O–H groups in total. The third-order valence-electron chi connectivity index (χ3n) is 5.23. The minimum Gasteiger partial charge on any atom is -0.369 e. The molecule has 0 aliphatic carbocycles. The quantitative estimate of drug-likeness (QED) is 0.428. The molecule has 0 radical (unpaired) electrons. The van der Waals surface area contributed by atoms with Gasteiger partial charge in [0, 0.05) is 47.5 Å². The highest BCUT2D eigenvalue weighted by molar-refractivity contribution is 14.1. The van der Waals surface area contributed by atoms with Gasteiger partial charge in [0.25, 0.3) is 0 Å². The fourth-order valence-electron chi connectivity index (χ4n) is 3.68. The Kier molecular flexibility index (Phi) is 5.32. The first-order chi connectivity index (χ1) is 13.4. The summed E-state index contributed by atoms with van der Waals surface area (Å²) in [5.41, 5.74) is 1.78. The number of nitrogens with zero attached hydrogens (tertiary/aromatic N) is 3. The van der Waals surface area contributed by atoms with Gasteiger partial charge in [-0.3, -0.25) is 0 Å². The van der Waals surface area contributed by atoms with Crippen LogP contribution in [0.5, 0.6) is 0 Å². The molecule has 1 unspecified atom stereocenters. The molecule has 28 heavy (non-hydrogen) atoms. The molecule has 2 atom stereocenters. The average Bonchev–Trinajstić information content (AvgIpc) is 3.16. The van der Waals surface area contributed by atoms with Crippen molar-refractivity contribution in [1.29, 1.82) is 0 Å². The number of hydrogen-bond acceptors (Lipinski definition) is 4. The van der Waals surface area contributed by atoms with E-state index in [9.17, 15) is 12.8 Å². The Labute approximate surface area is 176 Å². The molecule has 3 aromatic rings. The lowest BCUT2D eigenvalue weighted by Crippen LogP contribution is -2.54. The number of fused-ring (bicyclic) bond motifs is 1. The number of rotatable bonds is 4. The molecule has 148 valence electrons. The molecular weight excluding hydrogens is 494 g/mol. The summed E-state index contributed by atoms with van der Waals surface area (Å²) in [5, 5.41) is 0.989. The molecule has 1 aromatic carbocycles. The molecule has 2 aromatic heterocycles. The van der Waals surface area contributed by atoms with Crippen LogP contribution in [-0.4, -0.2) is 52.8 Å². The summed E-state index contributed by atoms with van der Waals surface area (Å²) in [6.45, 7) is 0.680. The highest BCUT2D eigenvalue weighted by Gasteiger charge is 2.37. The molecule has 0 amide bonds. The second kappa shape index (κ2) is 7.60. The number of H-pyrrole nitrogens is 1. The molecule has 9 heteroatoms. The van der Waals surface area contributed by atoms with Crippen molar-refractivity contribution < 1.29 is 12.8 Å². The third-order valence-corrected chi connectivity index (χ3v) is 8.58. The lowest BCUT2D eigenvalue weighted by molar-refractivity contribution is 0.322. The van der Waals surface area contributed by atoms with E-state index in [0.29, 0.717) is 19.5 Å². The van der Waals surface area contributed by atoms with E-state index >= 15 is 0 Å². The SMILES string of the molecule is CN(c1ccnc2[nH]ccc12)C1CN(S(=O)(=O)c2ccccc2F)CC[C@H]1I. The predicted molar refractivity (Wildman–Crippen MR) is 116 cm³/mol. The number of nitrogens with one attached hydrogen (secondary N) is 1. The van der Waals surface area contributed by atoms with Crippen molar-refractivity contribution in [2.45, 2.75) is 21.3 Å². The van der Waals surface area contributed by atoms with Crippen LogP contribution in [0.3, 0.4) is 0 Å². The molecule has 0 bridgehead atoms. The van der Waals surface area contributed by atoms with Gasteiger partial charge in [-0.2, -0.15) is 4.31 Å². The summed E-state index contributed by atoms with van der Waals surface area (Å²) < 4.78 is 41.9. The summed E-state index contributed by atoms with van der Waals surface area (Å²) in [4.78, 5) is 9.27. The van der Waals surface area contributed by atoms with E-state index in [0.717, 1.165) is 16.7 Å². The maximum Gasteiger partial charge on any atom is 0.246 e. The number of pyridine rings is 1. The summed E-state index contributed by atoms with van der Waals surface area (Å²) in [7, 11) is -1.92. The molecule has 0 saturated carbocycles. The average molecular weight is 514 g/mol. The van der Waals surface area contributed by atoms with Crippen LogP contribution in [-0.2, 0) is 10.0 Å². The molecule has 0 spiro atoms. The molecule has 1 fully saturated rings. The fraction of sp³-hybridized carbons (Fsp3) is 0.316. The van der Waals surface area contributed by atoms with Crippen LogP contribution in [0.15, 0.2) is 53.7 Å². The monoisotopic (exact) mass is 514 g/mol. The van der Waals surface area contributed by atoms with Crippen molar-refractivity contribution >= 4 is 49.3 Å². The number of likely N-dealkylation sites (N-methyl/N-ethyl adjacent to an activating group) is 1. The van der Waals surface area contributed by atoms with Crippen molar-refractivity contribution in [3.05, 3.63) is 54.6 Å². The zero-order chi connectivity index (χ0) is 19.9. The Hall–Kier alpha value is -1.72. The summed E-state index contributed by atoms with van der Waals surface area (Å²) in [5.74, 6) is -0.716. The maximum absolute atomic E-state index is 14.1. The van der Waals surface area contributed by atoms with Gasteiger partial charge in [0.1, 0.15) is 16.4 Å². The number of aromatic amines is 1. The number of piperidine rings is 1. The molecular formula is C19H20FIN4O2S. The lowest BCUT2D eigenvalue weighted by atomic mass is 10.1. The zero-order valence-corrected chi connectivity index (χ0v) is 18.2. The van der Waals surface area contributed by atoms with Crippen molar-refractivity contribution in [1.82, 2.24) is 14.3 Å². The first-order valence-corrected chi connectivity index (χ1v) is 11.6. The van der Waals surface area contributed by atoms with Crippen LogP contribution in [0, 0.1) is 5.82 Å². The van der Waals surface area contributed by atoms with Gasteiger partial charge >= 0.3 is 0 Å². The normalized spacial score (nSPS) is 21.1. The van der Waals surface area contributed by atoms with Gasteiger partial charge in [0.2, 0.25) is 10.0 Å². The molecule has 6 nitrogen and oxygen atoms in total. The Morgan fingerprint density at radius 3 is 2.86 bits per heavy atom. The van der Waals surface area contributed by atoms with Gasteiger partial charge < -0.3 is 9.88 Å². The van der Waals surface area contributed by atoms with Gasteiger partial charge in [-0.15, -0.1) is 0 Å². The standard InChI is InChI=1S/C19H20FIN4O2S/c1-24(16-7-10-23-19-13(16)6-9-22-19)17-12-25(11-8-15(17)21)28(26,27)18-5-3-2-4-14(18)20/h2-7,9-10,15,17H,8,11-12H2,1H3,(H,22,23)/t15-,17?/m1/s1. The topological polar surface area (TPSA) is 69.3 Å². The highest BCUT2D eigenvalue weighted by atomic mass is 127. The van der Waals surface area contributed by atoms with Gasteiger partial charge in [0.05, 0.1) is 6.04 Å². The number of benzene rings is 1.